The van der Waals surface area contributed by atoms with Crippen LogP contribution < -0.4 is 0 Å². The van der Waals surface area contributed by atoms with E-state index in [0.717, 1.165) is 24.0 Å². The Morgan fingerprint density at radius 3 is 2.04 bits per heavy atom. The molecule has 0 aliphatic carbocycles. The molecule has 0 aliphatic heterocycles. The molecule has 3 nitrogen and oxygen atoms in total. The molecule has 0 fully saturated rings. The molecule has 142 valence electrons. The molecule has 0 atom stereocenters. The van der Waals surface area contributed by atoms with E-state index in [2.05, 4.69) is 13.5 Å². The van der Waals surface area contributed by atoms with Crippen LogP contribution in [0.1, 0.15) is 82.3 Å². The van der Waals surface area contributed by atoms with Crippen molar-refractivity contribution >= 4 is 10.1 Å². The lowest BCUT2D eigenvalue weighted by atomic mass is 9.98. The van der Waals surface area contributed by atoms with Crippen molar-refractivity contribution < 1.29 is 13.0 Å². The van der Waals surface area contributed by atoms with Gasteiger partial charge in [-0.2, -0.15) is 8.42 Å². The Hall–Kier alpha value is -1.13. The molecule has 0 radical (unpaired) electrons. The first-order valence-electron chi connectivity index (χ1n) is 9.69. The van der Waals surface area contributed by atoms with Gasteiger partial charge in [0.25, 0.3) is 10.1 Å². The second kappa shape index (κ2) is 12.3. The molecular formula is C21H34O3S. The van der Waals surface area contributed by atoms with Gasteiger partial charge in [0.1, 0.15) is 0 Å². The Bertz CT molecular complexity index is 606. The fourth-order valence-corrected chi connectivity index (χ4v) is 4.07. The van der Waals surface area contributed by atoms with E-state index in [1.807, 2.05) is 6.07 Å². The minimum absolute atomic E-state index is 0.0581. The van der Waals surface area contributed by atoms with Gasteiger partial charge in [-0.25, -0.2) is 0 Å². The summed E-state index contributed by atoms with van der Waals surface area (Å²) in [5.41, 5.74) is 1.70. The zero-order valence-electron chi connectivity index (χ0n) is 15.7. The SMILES string of the molecule is C=CCc1cccc(S(=O)(=O)O)c1CCCCCCCCCCCC. The van der Waals surface area contributed by atoms with Gasteiger partial charge < -0.3 is 0 Å². The van der Waals surface area contributed by atoms with Crippen molar-refractivity contribution in [3.8, 4) is 0 Å². The average molecular weight is 367 g/mol. The third-order valence-electron chi connectivity index (χ3n) is 4.65. The van der Waals surface area contributed by atoms with Crippen LogP contribution in [0.15, 0.2) is 35.7 Å². The maximum Gasteiger partial charge on any atom is 0.294 e. The van der Waals surface area contributed by atoms with Gasteiger partial charge in [-0.05, 0) is 36.5 Å². The zero-order chi connectivity index (χ0) is 18.5. The van der Waals surface area contributed by atoms with Crippen LogP contribution in [0.25, 0.3) is 0 Å². The summed E-state index contributed by atoms with van der Waals surface area (Å²) in [5, 5.41) is 0. The lowest BCUT2D eigenvalue weighted by molar-refractivity contribution is 0.481. The molecule has 4 heteroatoms. The summed E-state index contributed by atoms with van der Waals surface area (Å²) < 4.78 is 32.7. The van der Waals surface area contributed by atoms with Crippen LogP contribution in [-0.4, -0.2) is 13.0 Å². The Labute approximate surface area is 154 Å². The number of hydrogen-bond acceptors (Lipinski definition) is 2. The summed E-state index contributed by atoms with van der Waals surface area (Å²) in [7, 11) is -4.17. The number of rotatable bonds is 14. The zero-order valence-corrected chi connectivity index (χ0v) is 16.5. The molecule has 0 bridgehead atoms. The topological polar surface area (TPSA) is 54.4 Å². The van der Waals surface area contributed by atoms with Crippen LogP contribution in [0, 0.1) is 0 Å². The summed E-state index contributed by atoms with van der Waals surface area (Å²) in [4.78, 5) is 0.0581. The van der Waals surface area contributed by atoms with E-state index < -0.39 is 10.1 Å². The Morgan fingerprint density at radius 1 is 0.960 bits per heavy atom. The monoisotopic (exact) mass is 366 g/mol. The van der Waals surface area contributed by atoms with E-state index in [1.54, 1.807) is 12.1 Å². The molecule has 1 aromatic carbocycles. The quantitative estimate of drug-likeness (QED) is 0.245. The van der Waals surface area contributed by atoms with Crippen molar-refractivity contribution in [2.45, 2.75) is 88.9 Å². The highest BCUT2D eigenvalue weighted by molar-refractivity contribution is 7.85. The largest absolute Gasteiger partial charge is 0.294 e. The molecule has 0 spiro atoms. The molecule has 0 aromatic heterocycles. The van der Waals surface area contributed by atoms with Gasteiger partial charge in [-0.3, -0.25) is 4.55 Å². The lowest BCUT2D eigenvalue weighted by Gasteiger charge is -2.12. The average Bonchev–Trinajstić information content (AvgIpc) is 2.57. The van der Waals surface area contributed by atoms with Gasteiger partial charge in [0, 0.05) is 0 Å². The van der Waals surface area contributed by atoms with Crippen molar-refractivity contribution in [1.82, 2.24) is 0 Å². The molecule has 0 saturated heterocycles. The Kier molecular flexibility index (Phi) is 10.7. The predicted molar refractivity (Wildman–Crippen MR) is 106 cm³/mol. The molecule has 1 aromatic rings. The molecule has 1 rings (SSSR count). The van der Waals surface area contributed by atoms with E-state index in [9.17, 15) is 13.0 Å². The molecule has 1 N–H and O–H groups in total. The Morgan fingerprint density at radius 2 is 1.52 bits per heavy atom. The maximum absolute atomic E-state index is 11.6. The summed E-state index contributed by atoms with van der Waals surface area (Å²) in [6.45, 7) is 5.97. The van der Waals surface area contributed by atoms with Crippen LogP contribution in [0.3, 0.4) is 0 Å². The van der Waals surface area contributed by atoms with Gasteiger partial charge in [-0.1, -0.05) is 82.9 Å². The van der Waals surface area contributed by atoms with Crippen LogP contribution >= 0.6 is 0 Å². The summed E-state index contributed by atoms with van der Waals surface area (Å²) in [6, 6.07) is 5.10. The molecule has 0 saturated carbocycles. The first-order chi connectivity index (χ1) is 12.0. The van der Waals surface area contributed by atoms with Crippen LogP contribution in [0.4, 0.5) is 0 Å². The van der Waals surface area contributed by atoms with Crippen molar-refractivity contribution in [1.29, 1.82) is 0 Å². The van der Waals surface area contributed by atoms with E-state index in [1.165, 1.54) is 57.4 Å². The standard InChI is InChI=1S/C21H34O3S/c1-3-5-6-7-8-9-10-11-12-13-17-20-19(15-4-2)16-14-18-21(20)25(22,23)24/h4,14,16,18H,2-3,5-13,15,17H2,1H3,(H,22,23,24). The number of unbranched alkanes of at least 4 members (excludes halogenated alkanes) is 9. The highest BCUT2D eigenvalue weighted by Crippen LogP contribution is 2.23. The third kappa shape index (κ3) is 8.68. The maximum atomic E-state index is 11.6. The van der Waals surface area contributed by atoms with Crippen LogP contribution in [0.5, 0.6) is 0 Å². The lowest BCUT2D eigenvalue weighted by Crippen LogP contribution is -2.06. The predicted octanol–water partition coefficient (Wildman–Crippen LogP) is 6.13. The second-order valence-electron chi connectivity index (χ2n) is 6.79. The van der Waals surface area contributed by atoms with Gasteiger partial charge in [0.05, 0.1) is 4.90 Å². The molecule has 0 amide bonds. The number of benzene rings is 1. The fraction of sp³-hybridized carbons (Fsp3) is 0.619. The highest BCUT2D eigenvalue weighted by Gasteiger charge is 2.17. The normalized spacial score (nSPS) is 11.6. The Balaban J connectivity index is 2.42. The van der Waals surface area contributed by atoms with Crippen molar-refractivity contribution in [3.63, 3.8) is 0 Å². The summed E-state index contributed by atoms with van der Waals surface area (Å²) >= 11 is 0. The minimum atomic E-state index is -4.17. The summed E-state index contributed by atoms with van der Waals surface area (Å²) in [5.74, 6) is 0. The van der Waals surface area contributed by atoms with Crippen LogP contribution in [0.2, 0.25) is 0 Å². The number of allylic oxidation sites excluding steroid dienone is 1. The van der Waals surface area contributed by atoms with E-state index in [4.69, 9.17) is 0 Å². The second-order valence-corrected chi connectivity index (χ2v) is 8.18. The van der Waals surface area contributed by atoms with Crippen molar-refractivity contribution in [2.24, 2.45) is 0 Å². The van der Waals surface area contributed by atoms with Gasteiger partial charge in [-0.15, -0.1) is 6.58 Å². The fourth-order valence-electron chi connectivity index (χ4n) is 3.27. The van der Waals surface area contributed by atoms with Crippen LogP contribution in [-0.2, 0) is 23.0 Å². The van der Waals surface area contributed by atoms with Crippen molar-refractivity contribution in [2.75, 3.05) is 0 Å². The minimum Gasteiger partial charge on any atom is -0.282 e. The van der Waals surface area contributed by atoms with Gasteiger partial charge in [0.15, 0.2) is 0 Å². The molecule has 25 heavy (non-hydrogen) atoms. The highest BCUT2D eigenvalue weighted by atomic mass is 32.2. The molecule has 0 aliphatic rings. The van der Waals surface area contributed by atoms with Gasteiger partial charge in [0.2, 0.25) is 0 Å². The summed E-state index contributed by atoms with van der Waals surface area (Å²) in [6.07, 6.45) is 15.5. The molecule has 0 unspecified atom stereocenters. The smallest absolute Gasteiger partial charge is 0.282 e. The van der Waals surface area contributed by atoms with Crippen molar-refractivity contribution in [3.05, 3.63) is 42.0 Å². The first-order valence-corrected chi connectivity index (χ1v) is 11.1. The first kappa shape index (κ1) is 21.9. The van der Waals surface area contributed by atoms with E-state index in [-0.39, 0.29) is 4.90 Å². The molecule has 0 heterocycles. The van der Waals surface area contributed by atoms with Gasteiger partial charge >= 0.3 is 0 Å². The molecular weight excluding hydrogens is 332 g/mol. The number of hydrogen-bond donors (Lipinski definition) is 1. The van der Waals surface area contributed by atoms with E-state index >= 15 is 0 Å². The third-order valence-corrected chi connectivity index (χ3v) is 5.59. The van der Waals surface area contributed by atoms with E-state index in [0.29, 0.717) is 12.8 Å².